The highest BCUT2D eigenvalue weighted by molar-refractivity contribution is 5.75. The molecule has 1 aliphatic rings. The monoisotopic (exact) mass is 537 g/mol. The molecule has 1 amide bonds. The van der Waals surface area contributed by atoms with Crippen LogP contribution in [0, 0.1) is 11.3 Å². The minimum atomic E-state index is -0.617. The average molecular weight is 538 g/mol. The highest BCUT2D eigenvalue weighted by Gasteiger charge is 2.29. The van der Waals surface area contributed by atoms with E-state index in [1.807, 2.05) is 37.8 Å². The van der Waals surface area contributed by atoms with Gasteiger partial charge in [0.05, 0.1) is 31.3 Å². The number of ether oxygens (including phenoxy) is 2. The largest absolute Gasteiger partial charge is 0.444 e. The van der Waals surface area contributed by atoms with Crippen LogP contribution < -0.4 is 21.5 Å². The number of carbonyl (C=O) groups is 1. The number of alkyl carbamates (subject to hydrolysis) is 1. The number of amides is 1. The first kappa shape index (κ1) is 27.9. The minimum Gasteiger partial charge on any atom is -0.444 e. The van der Waals surface area contributed by atoms with Gasteiger partial charge in [-0.15, -0.1) is 0 Å². The molecule has 2 aromatic heterocycles. The number of rotatable bonds is 7. The van der Waals surface area contributed by atoms with Gasteiger partial charge in [-0.05, 0) is 45.2 Å². The van der Waals surface area contributed by atoms with Gasteiger partial charge in [-0.3, -0.25) is 18.5 Å². The van der Waals surface area contributed by atoms with Gasteiger partial charge < -0.3 is 19.7 Å². The average Bonchev–Trinajstić information content (AvgIpc) is 3.26. The van der Waals surface area contributed by atoms with E-state index in [9.17, 15) is 19.6 Å². The standard InChI is InChI=1S/C27H35N7O5/c1-27(2,3)39-25(36)29-20-11-8-12-32(17-20)24-30-22-21(23(35)33(13-14-38-5)26(37)31(22)4)34(24)16-19-10-7-6-9-18(19)15-28/h6-7,9-10,20H,8,11-14,16-17H2,1-5H3,(H,29,36). The summed E-state index contributed by atoms with van der Waals surface area (Å²) in [5, 5.41) is 12.6. The third kappa shape index (κ3) is 5.98. The molecule has 4 rings (SSSR count). The second-order valence-corrected chi connectivity index (χ2v) is 10.7. The van der Waals surface area contributed by atoms with Crippen LogP contribution in [0.3, 0.4) is 0 Å². The van der Waals surface area contributed by atoms with Gasteiger partial charge in [-0.2, -0.15) is 10.2 Å². The van der Waals surface area contributed by atoms with E-state index in [-0.39, 0.29) is 36.9 Å². The molecular weight excluding hydrogens is 502 g/mol. The van der Waals surface area contributed by atoms with Crippen molar-refractivity contribution in [1.29, 1.82) is 5.26 Å². The van der Waals surface area contributed by atoms with E-state index in [2.05, 4.69) is 11.4 Å². The molecule has 1 atom stereocenters. The molecular formula is C27H35N7O5. The summed E-state index contributed by atoms with van der Waals surface area (Å²) in [5.74, 6) is 0.491. The molecule has 0 saturated carbocycles. The summed E-state index contributed by atoms with van der Waals surface area (Å²) in [6.45, 7) is 7.01. The summed E-state index contributed by atoms with van der Waals surface area (Å²) in [6, 6.07) is 9.20. The fraction of sp³-hybridized carbons (Fsp3) is 0.519. The van der Waals surface area contributed by atoms with Gasteiger partial charge in [-0.25, -0.2) is 9.59 Å². The van der Waals surface area contributed by atoms with Gasteiger partial charge in [0.2, 0.25) is 5.95 Å². The fourth-order valence-corrected chi connectivity index (χ4v) is 4.82. The number of nitriles is 1. The third-order valence-corrected chi connectivity index (χ3v) is 6.62. The molecule has 0 bridgehead atoms. The van der Waals surface area contributed by atoms with Crippen LogP contribution in [-0.2, 0) is 29.6 Å². The Morgan fingerprint density at radius 3 is 2.67 bits per heavy atom. The lowest BCUT2D eigenvalue weighted by atomic mass is 10.1. The molecule has 12 nitrogen and oxygen atoms in total. The zero-order chi connectivity index (χ0) is 28.3. The summed E-state index contributed by atoms with van der Waals surface area (Å²) in [6.07, 6.45) is 1.04. The van der Waals surface area contributed by atoms with Gasteiger partial charge in [0.25, 0.3) is 5.56 Å². The van der Waals surface area contributed by atoms with Crippen LogP contribution in [-0.4, -0.2) is 63.2 Å². The number of anilines is 1. The predicted octanol–water partition coefficient (Wildman–Crippen LogP) is 1.96. The number of hydrogen-bond donors (Lipinski definition) is 1. The number of carbonyl (C=O) groups excluding carboxylic acids is 1. The van der Waals surface area contributed by atoms with Gasteiger partial charge in [0, 0.05) is 33.3 Å². The Balaban J connectivity index is 1.81. The van der Waals surface area contributed by atoms with Gasteiger partial charge in [0.1, 0.15) is 5.60 Å². The van der Waals surface area contributed by atoms with E-state index in [4.69, 9.17) is 14.5 Å². The lowest BCUT2D eigenvalue weighted by Gasteiger charge is -2.34. The number of aryl methyl sites for hydroxylation is 1. The Kier molecular flexibility index (Phi) is 8.11. The lowest BCUT2D eigenvalue weighted by Crippen LogP contribution is -2.49. The van der Waals surface area contributed by atoms with Gasteiger partial charge in [-0.1, -0.05) is 18.2 Å². The van der Waals surface area contributed by atoms with Crippen molar-refractivity contribution in [2.45, 2.75) is 58.3 Å². The molecule has 1 aliphatic heterocycles. The van der Waals surface area contributed by atoms with E-state index in [1.54, 1.807) is 23.7 Å². The molecule has 0 radical (unpaired) electrons. The van der Waals surface area contributed by atoms with Crippen molar-refractivity contribution in [1.82, 2.24) is 24.0 Å². The van der Waals surface area contributed by atoms with Gasteiger partial charge in [0.15, 0.2) is 11.2 Å². The van der Waals surface area contributed by atoms with E-state index in [0.717, 1.165) is 23.0 Å². The van der Waals surface area contributed by atoms with Crippen molar-refractivity contribution >= 4 is 23.2 Å². The summed E-state index contributed by atoms with van der Waals surface area (Å²) < 4.78 is 14.8. The summed E-state index contributed by atoms with van der Waals surface area (Å²) >= 11 is 0. The molecule has 12 heteroatoms. The first-order valence-electron chi connectivity index (χ1n) is 13.0. The summed E-state index contributed by atoms with van der Waals surface area (Å²) in [7, 11) is 3.09. The number of hydrogen-bond acceptors (Lipinski definition) is 8. The predicted molar refractivity (Wildman–Crippen MR) is 146 cm³/mol. The van der Waals surface area contributed by atoms with Crippen molar-refractivity contribution in [3.05, 3.63) is 56.2 Å². The molecule has 3 heterocycles. The highest BCUT2D eigenvalue weighted by atomic mass is 16.6. The molecule has 1 unspecified atom stereocenters. The van der Waals surface area contributed by atoms with E-state index in [0.29, 0.717) is 24.6 Å². The number of nitrogens with one attached hydrogen (secondary N) is 1. The van der Waals surface area contributed by atoms with Crippen LogP contribution in [0.5, 0.6) is 0 Å². The Morgan fingerprint density at radius 1 is 1.23 bits per heavy atom. The van der Waals surface area contributed by atoms with Crippen molar-refractivity contribution in [3.63, 3.8) is 0 Å². The molecule has 1 N–H and O–H groups in total. The quantitative estimate of drug-likeness (QED) is 0.483. The SMILES string of the molecule is COCCn1c(=O)c2c(nc(N3CCCC(NC(=O)OC(C)(C)C)C3)n2Cc2ccccc2C#N)n(C)c1=O. The zero-order valence-corrected chi connectivity index (χ0v) is 23.1. The topological polar surface area (TPSA) is 136 Å². The number of aromatic nitrogens is 4. The Morgan fingerprint density at radius 2 is 1.97 bits per heavy atom. The molecule has 3 aromatic rings. The van der Waals surface area contributed by atoms with Crippen LogP contribution in [0.2, 0.25) is 0 Å². The van der Waals surface area contributed by atoms with E-state index in [1.165, 1.54) is 11.7 Å². The van der Waals surface area contributed by atoms with Crippen molar-refractivity contribution in [2.75, 3.05) is 31.7 Å². The fourth-order valence-electron chi connectivity index (χ4n) is 4.82. The smallest absolute Gasteiger partial charge is 0.407 e. The maximum atomic E-state index is 13.7. The van der Waals surface area contributed by atoms with E-state index < -0.39 is 22.9 Å². The highest BCUT2D eigenvalue weighted by Crippen LogP contribution is 2.25. The van der Waals surface area contributed by atoms with Crippen LogP contribution in [0.1, 0.15) is 44.7 Å². The maximum Gasteiger partial charge on any atom is 0.407 e. The first-order valence-corrected chi connectivity index (χ1v) is 13.0. The maximum absolute atomic E-state index is 13.7. The molecule has 39 heavy (non-hydrogen) atoms. The summed E-state index contributed by atoms with van der Waals surface area (Å²) in [4.78, 5) is 46.0. The second kappa shape index (κ2) is 11.3. The molecule has 1 saturated heterocycles. The summed E-state index contributed by atoms with van der Waals surface area (Å²) in [5.41, 5.74) is 0.146. The number of fused-ring (bicyclic) bond motifs is 1. The third-order valence-electron chi connectivity index (χ3n) is 6.62. The van der Waals surface area contributed by atoms with E-state index >= 15 is 0 Å². The normalized spacial score (nSPS) is 15.8. The second-order valence-electron chi connectivity index (χ2n) is 10.7. The van der Waals surface area contributed by atoms with Crippen LogP contribution in [0.25, 0.3) is 11.2 Å². The van der Waals surface area contributed by atoms with Crippen LogP contribution in [0.4, 0.5) is 10.7 Å². The van der Waals surface area contributed by atoms with Crippen molar-refractivity contribution < 1.29 is 14.3 Å². The first-order chi connectivity index (χ1) is 18.5. The number of methoxy groups -OCH3 is 1. The molecule has 1 aromatic carbocycles. The zero-order valence-electron chi connectivity index (χ0n) is 23.1. The Hall–Kier alpha value is -4.11. The minimum absolute atomic E-state index is 0.0961. The van der Waals surface area contributed by atoms with Crippen molar-refractivity contribution in [2.24, 2.45) is 7.05 Å². The lowest BCUT2D eigenvalue weighted by molar-refractivity contribution is 0.0499. The van der Waals surface area contributed by atoms with Crippen molar-refractivity contribution in [3.8, 4) is 6.07 Å². The number of imidazole rings is 1. The Bertz CT molecular complexity index is 1520. The van der Waals surface area contributed by atoms with Crippen LogP contribution in [0.15, 0.2) is 33.9 Å². The Labute approximate surface area is 226 Å². The molecule has 0 spiro atoms. The molecule has 208 valence electrons. The number of nitrogens with zero attached hydrogens (tertiary/aromatic N) is 6. The number of piperidine rings is 1. The number of benzene rings is 1. The molecule has 0 aliphatic carbocycles. The van der Waals surface area contributed by atoms with Crippen LogP contribution >= 0.6 is 0 Å². The molecule has 1 fully saturated rings. The van der Waals surface area contributed by atoms with Gasteiger partial charge >= 0.3 is 11.8 Å².